The number of nitrogens with two attached hydrogens (primary N) is 1. The Kier molecular flexibility index (Phi) is 6.11. The summed E-state index contributed by atoms with van der Waals surface area (Å²) in [7, 11) is 0. The fraction of sp³-hybridized carbons (Fsp3) is 0.619. The van der Waals surface area contributed by atoms with Crippen molar-refractivity contribution in [1.29, 1.82) is 0 Å². The number of hydrogen-bond donors (Lipinski definition) is 2. The van der Waals surface area contributed by atoms with Gasteiger partial charge in [0.1, 0.15) is 0 Å². The van der Waals surface area contributed by atoms with Gasteiger partial charge in [-0.25, -0.2) is 0 Å². The average Bonchev–Trinajstić information content (AvgIpc) is 2.98. The lowest BCUT2D eigenvalue weighted by Gasteiger charge is -2.45. The first-order valence-corrected chi connectivity index (χ1v) is 9.94. The molecule has 2 saturated carbocycles. The van der Waals surface area contributed by atoms with E-state index in [4.69, 9.17) is 5.73 Å². The molecule has 1 heterocycles. The van der Waals surface area contributed by atoms with Crippen molar-refractivity contribution in [2.45, 2.75) is 57.5 Å². The Hall–Kier alpha value is -1.59. The van der Waals surface area contributed by atoms with Crippen LogP contribution in [0, 0.1) is 24.7 Å². The molecule has 5 nitrogen and oxygen atoms in total. The maximum Gasteiger partial charge on any atom is 0.227 e. The van der Waals surface area contributed by atoms with Crippen LogP contribution in [0.15, 0.2) is 24.3 Å². The Bertz CT molecular complexity index is 679. The standard InChI is InChI=1S/C21H29N3O2.ClH/c1-13-5-7-18(8-6-13)24-12-16(11-19(24)25)21(26)23-20-14-3-2-4-15(20)10-17(22)9-14;/h5-8,14-17,20H,2-4,9-12,22H2,1H3,(H,23,26);1H. The minimum atomic E-state index is -0.250. The number of nitrogens with zero attached hydrogens (tertiary/aromatic N) is 1. The molecule has 3 atom stereocenters. The number of carbonyl (C=O) groups is 2. The van der Waals surface area contributed by atoms with E-state index in [-0.39, 0.29) is 42.2 Å². The third-order valence-electron chi connectivity index (χ3n) is 6.53. The zero-order valence-corrected chi connectivity index (χ0v) is 16.7. The van der Waals surface area contributed by atoms with E-state index in [0.29, 0.717) is 24.8 Å². The van der Waals surface area contributed by atoms with Gasteiger partial charge in [-0.1, -0.05) is 24.1 Å². The fourth-order valence-corrected chi connectivity index (χ4v) is 5.16. The molecule has 1 aliphatic heterocycles. The topological polar surface area (TPSA) is 75.4 Å². The van der Waals surface area contributed by atoms with Crippen LogP contribution in [0.1, 0.15) is 44.1 Å². The number of carbonyl (C=O) groups excluding carboxylic acids is 2. The van der Waals surface area contributed by atoms with Crippen LogP contribution in [0.25, 0.3) is 0 Å². The highest BCUT2D eigenvalue weighted by atomic mass is 35.5. The van der Waals surface area contributed by atoms with Crippen molar-refractivity contribution in [3.05, 3.63) is 29.8 Å². The first-order chi connectivity index (χ1) is 12.5. The fourth-order valence-electron chi connectivity index (χ4n) is 5.16. The van der Waals surface area contributed by atoms with Gasteiger partial charge in [0, 0.05) is 30.7 Å². The number of nitrogens with one attached hydrogen (secondary N) is 1. The SMILES string of the molecule is Cc1ccc(N2CC(C(=O)NC3C4CCCC3CC(N)C4)CC2=O)cc1.Cl. The quantitative estimate of drug-likeness (QED) is 0.831. The van der Waals surface area contributed by atoms with Crippen molar-refractivity contribution in [3.63, 3.8) is 0 Å². The molecule has 2 amide bonds. The lowest BCUT2D eigenvalue weighted by molar-refractivity contribution is -0.128. The Morgan fingerprint density at radius 3 is 2.41 bits per heavy atom. The lowest BCUT2D eigenvalue weighted by Crippen LogP contribution is -2.54. The van der Waals surface area contributed by atoms with Crippen LogP contribution >= 0.6 is 12.4 Å². The molecule has 2 bridgehead atoms. The first-order valence-electron chi connectivity index (χ1n) is 9.94. The van der Waals surface area contributed by atoms with E-state index in [1.165, 1.54) is 6.42 Å². The first kappa shape index (κ1) is 20.2. The van der Waals surface area contributed by atoms with Crippen LogP contribution in [0.5, 0.6) is 0 Å². The maximum absolute atomic E-state index is 12.9. The second-order valence-electron chi connectivity index (χ2n) is 8.46. The van der Waals surface area contributed by atoms with Crippen LogP contribution in [-0.2, 0) is 9.59 Å². The maximum atomic E-state index is 12.9. The number of halogens is 1. The summed E-state index contributed by atoms with van der Waals surface area (Å²) in [5.74, 6) is 0.851. The highest BCUT2D eigenvalue weighted by Crippen LogP contribution is 2.40. The molecule has 148 valence electrons. The van der Waals surface area contributed by atoms with Crippen molar-refractivity contribution in [3.8, 4) is 0 Å². The predicted octanol–water partition coefficient (Wildman–Crippen LogP) is 2.79. The number of anilines is 1. The largest absolute Gasteiger partial charge is 0.353 e. The summed E-state index contributed by atoms with van der Waals surface area (Å²) in [6.07, 6.45) is 5.91. The van der Waals surface area contributed by atoms with Crippen LogP contribution in [0.3, 0.4) is 0 Å². The number of amides is 2. The van der Waals surface area contributed by atoms with Crippen molar-refractivity contribution in [2.75, 3.05) is 11.4 Å². The summed E-state index contributed by atoms with van der Waals surface area (Å²) < 4.78 is 0. The second kappa shape index (κ2) is 8.19. The third kappa shape index (κ3) is 4.14. The number of fused-ring (bicyclic) bond motifs is 2. The van der Waals surface area contributed by atoms with Gasteiger partial charge in [0.25, 0.3) is 0 Å². The highest BCUT2D eigenvalue weighted by molar-refractivity contribution is 6.00. The molecule has 3 N–H and O–H groups in total. The van der Waals surface area contributed by atoms with Gasteiger partial charge in [-0.05, 0) is 56.6 Å². The van der Waals surface area contributed by atoms with Gasteiger partial charge in [0.05, 0.1) is 5.92 Å². The number of aryl methyl sites for hydroxylation is 1. The number of rotatable bonds is 3. The van der Waals surface area contributed by atoms with Crippen molar-refractivity contribution >= 4 is 29.9 Å². The van der Waals surface area contributed by atoms with E-state index in [2.05, 4.69) is 5.32 Å². The molecule has 2 aliphatic carbocycles. The summed E-state index contributed by atoms with van der Waals surface area (Å²) in [6, 6.07) is 8.45. The minimum absolute atomic E-state index is 0. The van der Waals surface area contributed by atoms with E-state index in [0.717, 1.165) is 36.9 Å². The monoisotopic (exact) mass is 391 g/mol. The smallest absolute Gasteiger partial charge is 0.227 e. The van der Waals surface area contributed by atoms with Crippen molar-refractivity contribution in [2.24, 2.45) is 23.5 Å². The van der Waals surface area contributed by atoms with Gasteiger partial charge in [-0.15, -0.1) is 12.4 Å². The van der Waals surface area contributed by atoms with Crippen molar-refractivity contribution < 1.29 is 9.59 Å². The van der Waals surface area contributed by atoms with Gasteiger partial charge in [0.15, 0.2) is 0 Å². The van der Waals surface area contributed by atoms with E-state index in [9.17, 15) is 9.59 Å². The average molecular weight is 392 g/mol. The Morgan fingerprint density at radius 1 is 1.15 bits per heavy atom. The van der Waals surface area contributed by atoms with Crippen LogP contribution in [0.4, 0.5) is 5.69 Å². The van der Waals surface area contributed by atoms with Gasteiger partial charge in [-0.2, -0.15) is 0 Å². The minimum Gasteiger partial charge on any atom is -0.353 e. The van der Waals surface area contributed by atoms with E-state index >= 15 is 0 Å². The van der Waals surface area contributed by atoms with E-state index in [1.807, 2.05) is 31.2 Å². The summed E-state index contributed by atoms with van der Waals surface area (Å²) in [6.45, 7) is 2.51. The molecular weight excluding hydrogens is 362 g/mol. The normalized spacial score (nSPS) is 32.7. The van der Waals surface area contributed by atoms with Crippen LogP contribution in [-0.4, -0.2) is 30.4 Å². The Morgan fingerprint density at radius 2 is 1.78 bits per heavy atom. The highest BCUT2D eigenvalue weighted by Gasteiger charge is 2.42. The summed E-state index contributed by atoms with van der Waals surface area (Å²) >= 11 is 0. The molecule has 4 rings (SSSR count). The zero-order valence-electron chi connectivity index (χ0n) is 15.9. The van der Waals surface area contributed by atoms with Gasteiger partial charge < -0.3 is 16.0 Å². The summed E-state index contributed by atoms with van der Waals surface area (Å²) in [5, 5.41) is 3.31. The molecule has 1 aromatic rings. The second-order valence-corrected chi connectivity index (χ2v) is 8.46. The molecule has 3 aliphatic rings. The number of benzene rings is 1. The molecule has 0 radical (unpaired) electrons. The number of hydrogen-bond acceptors (Lipinski definition) is 3. The van der Waals surface area contributed by atoms with Crippen molar-refractivity contribution in [1.82, 2.24) is 5.32 Å². The van der Waals surface area contributed by atoms with Gasteiger partial charge in [0.2, 0.25) is 11.8 Å². The Labute approximate surface area is 167 Å². The molecule has 0 spiro atoms. The van der Waals surface area contributed by atoms with E-state index < -0.39 is 0 Å². The molecule has 3 fully saturated rings. The molecular formula is C21H30ClN3O2. The summed E-state index contributed by atoms with van der Waals surface area (Å²) in [5.41, 5.74) is 8.24. The Balaban J connectivity index is 0.00000210. The van der Waals surface area contributed by atoms with Crippen LogP contribution in [0.2, 0.25) is 0 Å². The predicted molar refractivity (Wildman–Crippen MR) is 109 cm³/mol. The molecule has 3 unspecified atom stereocenters. The molecule has 27 heavy (non-hydrogen) atoms. The molecule has 1 saturated heterocycles. The third-order valence-corrected chi connectivity index (χ3v) is 6.53. The molecule has 0 aromatic heterocycles. The van der Waals surface area contributed by atoms with Gasteiger partial charge >= 0.3 is 0 Å². The van der Waals surface area contributed by atoms with Gasteiger partial charge in [-0.3, -0.25) is 9.59 Å². The van der Waals surface area contributed by atoms with E-state index in [1.54, 1.807) is 4.90 Å². The van der Waals surface area contributed by atoms with Crippen LogP contribution < -0.4 is 16.0 Å². The zero-order chi connectivity index (χ0) is 18.3. The summed E-state index contributed by atoms with van der Waals surface area (Å²) in [4.78, 5) is 27.1. The lowest BCUT2D eigenvalue weighted by atomic mass is 9.67. The molecule has 1 aromatic carbocycles. The molecule has 6 heteroatoms.